The summed E-state index contributed by atoms with van der Waals surface area (Å²) in [7, 11) is -3.83. The van der Waals surface area contributed by atoms with Gasteiger partial charge in [0.05, 0.1) is 5.51 Å². The van der Waals surface area contributed by atoms with E-state index >= 15 is 0 Å². The molecule has 0 fully saturated rings. The number of carbonyl (C=O) groups is 1. The summed E-state index contributed by atoms with van der Waals surface area (Å²) < 4.78 is 26.1. The smallest absolute Gasteiger partial charge is 0.356 e. The van der Waals surface area contributed by atoms with Gasteiger partial charge >= 0.3 is 5.97 Å². The standard InChI is InChI=1S/C12H10N2O4S2/c15-11(16)10-12(19-7-13-10)20(17,18)14-5-8-3-1-2-4-9(8)6-14/h1-4,7H,5-6H2,(H,15,16). The Balaban J connectivity index is 1.99. The Morgan fingerprint density at radius 2 is 1.85 bits per heavy atom. The molecule has 2 aromatic rings. The molecular weight excluding hydrogens is 300 g/mol. The number of hydrogen-bond acceptors (Lipinski definition) is 5. The second kappa shape index (κ2) is 4.65. The number of thiazole rings is 1. The first kappa shape index (κ1) is 13.2. The fourth-order valence-electron chi connectivity index (χ4n) is 2.15. The Kier molecular flexibility index (Phi) is 3.08. The summed E-state index contributed by atoms with van der Waals surface area (Å²) in [4.78, 5) is 14.6. The average molecular weight is 310 g/mol. The maximum Gasteiger partial charge on any atom is 0.356 e. The minimum atomic E-state index is -3.83. The molecule has 2 heterocycles. The molecule has 0 saturated heterocycles. The van der Waals surface area contributed by atoms with Gasteiger partial charge in [-0.2, -0.15) is 4.31 Å². The van der Waals surface area contributed by atoms with Crippen molar-refractivity contribution in [2.45, 2.75) is 17.3 Å². The van der Waals surface area contributed by atoms with Crippen molar-refractivity contribution in [1.29, 1.82) is 0 Å². The zero-order valence-electron chi connectivity index (χ0n) is 10.2. The quantitative estimate of drug-likeness (QED) is 0.929. The van der Waals surface area contributed by atoms with Crippen LogP contribution in [0.25, 0.3) is 0 Å². The van der Waals surface area contributed by atoms with Crippen LogP contribution in [0.15, 0.2) is 34.0 Å². The number of fused-ring (bicyclic) bond motifs is 1. The maximum atomic E-state index is 12.5. The number of sulfonamides is 1. The molecule has 8 heteroatoms. The third kappa shape index (κ3) is 2.01. The van der Waals surface area contributed by atoms with Crippen LogP contribution in [-0.4, -0.2) is 28.8 Å². The van der Waals surface area contributed by atoms with E-state index in [4.69, 9.17) is 5.11 Å². The van der Waals surface area contributed by atoms with Gasteiger partial charge in [0.2, 0.25) is 0 Å². The lowest BCUT2D eigenvalue weighted by atomic mass is 10.1. The van der Waals surface area contributed by atoms with E-state index in [-0.39, 0.29) is 17.3 Å². The zero-order chi connectivity index (χ0) is 14.3. The first-order valence-electron chi connectivity index (χ1n) is 5.74. The van der Waals surface area contributed by atoms with Gasteiger partial charge in [-0.25, -0.2) is 18.2 Å². The predicted molar refractivity (Wildman–Crippen MR) is 71.9 cm³/mol. The summed E-state index contributed by atoms with van der Waals surface area (Å²) in [6.07, 6.45) is 0. The van der Waals surface area contributed by atoms with Gasteiger partial charge in [-0.05, 0) is 11.1 Å². The van der Waals surface area contributed by atoms with Crippen LogP contribution < -0.4 is 0 Å². The molecule has 1 aromatic carbocycles. The highest BCUT2D eigenvalue weighted by atomic mass is 32.2. The molecular formula is C12H10N2O4S2. The van der Waals surface area contributed by atoms with Gasteiger partial charge in [0.15, 0.2) is 9.90 Å². The topological polar surface area (TPSA) is 87.6 Å². The van der Waals surface area contributed by atoms with Gasteiger partial charge in [-0.15, -0.1) is 11.3 Å². The van der Waals surface area contributed by atoms with Crippen molar-refractivity contribution in [3.63, 3.8) is 0 Å². The van der Waals surface area contributed by atoms with Gasteiger partial charge in [-0.3, -0.25) is 0 Å². The van der Waals surface area contributed by atoms with E-state index in [1.807, 2.05) is 24.3 Å². The molecule has 0 radical (unpaired) electrons. The van der Waals surface area contributed by atoms with Crippen LogP contribution in [0.5, 0.6) is 0 Å². The van der Waals surface area contributed by atoms with Gasteiger partial charge in [0.1, 0.15) is 0 Å². The number of carboxylic acids is 1. The van der Waals surface area contributed by atoms with Crippen LogP contribution in [0, 0.1) is 0 Å². The molecule has 0 saturated carbocycles. The third-order valence-corrected chi connectivity index (χ3v) is 6.26. The van der Waals surface area contributed by atoms with E-state index < -0.39 is 21.7 Å². The molecule has 104 valence electrons. The van der Waals surface area contributed by atoms with Gasteiger partial charge in [0.25, 0.3) is 10.0 Å². The average Bonchev–Trinajstić information content (AvgIpc) is 3.05. The van der Waals surface area contributed by atoms with Gasteiger partial charge < -0.3 is 5.11 Å². The minimum absolute atomic E-state index is 0.210. The lowest BCUT2D eigenvalue weighted by molar-refractivity contribution is 0.0687. The molecule has 1 aliphatic rings. The van der Waals surface area contributed by atoms with Crippen molar-refractivity contribution in [2.75, 3.05) is 0 Å². The Labute approximate surface area is 119 Å². The summed E-state index contributed by atoms with van der Waals surface area (Å²) in [6.45, 7) is 0.519. The van der Waals surface area contributed by atoms with E-state index in [0.29, 0.717) is 0 Å². The normalized spacial score (nSPS) is 15.2. The third-order valence-electron chi connectivity index (χ3n) is 3.12. The van der Waals surface area contributed by atoms with E-state index in [0.717, 1.165) is 22.5 Å². The fourth-order valence-corrected chi connectivity index (χ4v) is 4.82. The molecule has 0 atom stereocenters. The first-order valence-corrected chi connectivity index (χ1v) is 8.06. The molecule has 6 nitrogen and oxygen atoms in total. The number of nitrogens with zero attached hydrogens (tertiary/aromatic N) is 2. The summed E-state index contributed by atoms with van der Waals surface area (Å²) in [6, 6.07) is 7.44. The van der Waals surface area contributed by atoms with E-state index in [1.54, 1.807) is 0 Å². The van der Waals surface area contributed by atoms with Crippen LogP contribution in [0.3, 0.4) is 0 Å². The Hall–Kier alpha value is -1.77. The van der Waals surface area contributed by atoms with Gasteiger partial charge in [0, 0.05) is 13.1 Å². The molecule has 1 aliphatic heterocycles. The first-order chi connectivity index (χ1) is 9.50. The molecule has 0 spiro atoms. The van der Waals surface area contributed by atoms with Crippen LogP contribution in [0.2, 0.25) is 0 Å². The molecule has 3 rings (SSSR count). The Morgan fingerprint density at radius 3 is 2.40 bits per heavy atom. The molecule has 1 aromatic heterocycles. The number of aromatic nitrogens is 1. The van der Waals surface area contributed by atoms with Crippen LogP contribution in [-0.2, 0) is 23.1 Å². The maximum absolute atomic E-state index is 12.5. The summed E-state index contributed by atoms with van der Waals surface area (Å²) in [5.74, 6) is -1.33. The molecule has 0 unspecified atom stereocenters. The largest absolute Gasteiger partial charge is 0.476 e. The highest BCUT2D eigenvalue weighted by molar-refractivity contribution is 7.91. The molecule has 0 bridgehead atoms. The van der Waals surface area contributed by atoms with Crippen LogP contribution in [0.1, 0.15) is 21.6 Å². The highest BCUT2D eigenvalue weighted by Crippen LogP contribution is 2.31. The summed E-state index contributed by atoms with van der Waals surface area (Å²) >= 11 is 0.829. The minimum Gasteiger partial charge on any atom is -0.476 e. The van der Waals surface area contributed by atoms with Gasteiger partial charge in [-0.1, -0.05) is 24.3 Å². The lowest BCUT2D eigenvalue weighted by Crippen LogP contribution is -2.26. The van der Waals surface area contributed by atoms with E-state index in [2.05, 4.69) is 4.98 Å². The SMILES string of the molecule is O=C(O)c1ncsc1S(=O)(=O)N1Cc2ccccc2C1. The fraction of sp³-hybridized carbons (Fsp3) is 0.167. The Morgan fingerprint density at radius 1 is 1.25 bits per heavy atom. The van der Waals surface area contributed by atoms with Crippen molar-refractivity contribution >= 4 is 27.3 Å². The summed E-state index contributed by atoms with van der Waals surface area (Å²) in [5.41, 5.74) is 2.71. The monoisotopic (exact) mass is 310 g/mol. The molecule has 1 N–H and O–H groups in total. The molecule has 0 aliphatic carbocycles. The number of aromatic carboxylic acids is 1. The van der Waals surface area contributed by atoms with Crippen molar-refractivity contribution in [1.82, 2.24) is 9.29 Å². The number of rotatable bonds is 3. The van der Waals surface area contributed by atoms with E-state index in [1.165, 1.54) is 9.82 Å². The van der Waals surface area contributed by atoms with Crippen LogP contribution >= 0.6 is 11.3 Å². The van der Waals surface area contributed by atoms with Crippen molar-refractivity contribution in [3.05, 3.63) is 46.6 Å². The number of benzene rings is 1. The summed E-state index contributed by atoms with van der Waals surface area (Å²) in [5, 5.41) is 9.00. The highest BCUT2D eigenvalue weighted by Gasteiger charge is 2.35. The second-order valence-electron chi connectivity index (χ2n) is 4.34. The second-order valence-corrected chi connectivity index (χ2v) is 7.32. The van der Waals surface area contributed by atoms with Crippen LogP contribution in [0.4, 0.5) is 0 Å². The lowest BCUT2D eigenvalue weighted by Gasteiger charge is -2.14. The van der Waals surface area contributed by atoms with Crippen molar-refractivity contribution in [3.8, 4) is 0 Å². The Bertz CT molecular complexity index is 757. The predicted octanol–water partition coefficient (Wildman–Crippen LogP) is 1.55. The number of hydrogen-bond donors (Lipinski definition) is 1. The molecule has 20 heavy (non-hydrogen) atoms. The van der Waals surface area contributed by atoms with E-state index in [9.17, 15) is 13.2 Å². The van der Waals surface area contributed by atoms with Crippen molar-refractivity contribution < 1.29 is 18.3 Å². The number of carboxylic acid groups (broad SMARTS) is 1. The zero-order valence-corrected chi connectivity index (χ0v) is 11.8. The molecule has 0 amide bonds. The van der Waals surface area contributed by atoms with Crippen molar-refractivity contribution in [2.24, 2.45) is 0 Å².